The fourth-order valence-corrected chi connectivity index (χ4v) is 0. The number of hydrogen-bond donors (Lipinski definition) is 0. The van der Waals surface area contributed by atoms with Gasteiger partial charge in [-0.25, -0.2) is 26.3 Å². The van der Waals surface area contributed by atoms with E-state index in [1.807, 2.05) is 0 Å². The minimum absolute atomic E-state index is 0.146. The fourth-order valence-electron chi connectivity index (χ4n) is 0. The average molecular weight is 258 g/mol. The fraction of sp³-hybridized carbons (Fsp3) is 0.500. The van der Waals surface area contributed by atoms with Crippen molar-refractivity contribution >= 4 is 12.6 Å². The maximum absolute atomic E-state index is 10.4. The van der Waals surface area contributed by atoms with Crippen molar-refractivity contribution in [1.29, 1.82) is 0 Å². The Bertz CT molecular complexity index is 145. The Balaban J connectivity index is -0.000000147. The predicted octanol–water partition coefficient (Wildman–Crippen LogP) is 1.20. The zero-order valence-corrected chi connectivity index (χ0v) is 7.55. The van der Waals surface area contributed by atoms with Crippen LogP contribution < -0.4 is 0 Å². The molecule has 10 heteroatoms. The Morgan fingerprint density at radius 3 is 0.786 bits per heavy atom. The molecule has 0 heterocycles. The van der Waals surface area contributed by atoms with Crippen molar-refractivity contribution in [2.45, 2.75) is 12.4 Å². The SMILES string of the molecule is O=[C-]C(F)(F)F.O=[C-]C(F)(F)F.[O]=[Ti+2]. The van der Waals surface area contributed by atoms with Crippen molar-refractivity contribution in [3.8, 4) is 0 Å². The van der Waals surface area contributed by atoms with E-state index in [1.54, 1.807) is 0 Å². The second-order valence-corrected chi connectivity index (χ2v) is 1.20. The van der Waals surface area contributed by atoms with Crippen LogP contribution in [0.25, 0.3) is 0 Å². The summed E-state index contributed by atoms with van der Waals surface area (Å²) in [4.78, 5) is 17.2. The van der Waals surface area contributed by atoms with Gasteiger partial charge in [-0.2, -0.15) is 12.6 Å². The van der Waals surface area contributed by atoms with Crippen LogP contribution in [0.5, 0.6) is 0 Å². The summed E-state index contributed by atoms with van der Waals surface area (Å²) in [6, 6.07) is 0. The first kappa shape index (κ1) is 19.1. The van der Waals surface area contributed by atoms with E-state index in [-0.39, 0.29) is 12.6 Å². The summed E-state index contributed by atoms with van der Waals surface area (Å²) < 4.78 is 70.4. The molecular formula is C4F6O3Ti. The molecule has 0 N–H and O–H groups in total. The Morgan fingerprint density at radius 2 is 0.786 bits per heavy atom. The second kappa shape index (κ2) is 9.01. The molecule has 0 rings (SSSR count). The van der Waals surface area contributed by atoms with Crippen LogP contribution in [-0.2, 0) is 33.3 Å². The molecule has 0 spiro atoms. The van der Waals surface area contributed by atoms with Crippen molar-refractivity contribution in [3.63, 3.8) is 0 Å². The normalized spacial score (nSPS) is 10.0. The first-order valence-electron chi connectivity index (χ1n) is 2.25. The zero-order valence-electron chi connectivity index (χ0n) is 5.99. The van der Waals surface area contributed by atoms with Crippen molar-refractivity contribution in [3.05, 3.63) is 0 Å². The van der Waals surface area contributed by atoms with Crippen LogP contribution in [0.1, 0.15) is 0 Å². The van der Waals surface area contributed by atoms with Gasteiger partial charge >= 0.3 is 23.7 Å². The molecule has 0 radical (unpaired) electrons. The monoisotopic (exact) mass is 258 g/mol. The van der Waals surface area contributed by atoms with Crippen molar-refractivity contribution in [1.82, 2.24) is 0 Å². The summed E-state index contributed by atoms with van der Waals surface area (Å²) in [5.41, 5.74) is 0. The molecule has 0 aliphatic heterocycles. The van der Waals surface area contributed by atoms with E-state index in [0.29, 0.717) is 0 Å². The molecule has 0 aromatic carbocycles. The Labute approximate surface area is 85.2 Å². The van der Waals surface area contributed by atoms with Crippen LogP contribution in [-0.4, -0.2) is 24.9 Å². The molecule has 0 aromatic rings. The van der Waals surface area contributed by atoms with E-state index in [0.717, 1.165) is 20.4 Å². The van der Waals surface area contributed by atoms with Gasteiger partial charge in [0.2, 0.25) is 0 Å². The Hall–Kier alpha value is -0.566. The van der Waals surface area contributed by atoms with Crippen LogP contribution in [0.15, 0.2) is 0 Å². The van der Waals surface area contributed by atoms with E-state index in [1.165, 1.54) is 0 Å². The number of alkyl halides is 6. The van der Waals surface area contributed by atoms with E-state index < -0.39 is 12.4 Å². The third kappa shape index (κ3) is 42.2. The molecule has 0 aromatic heterocycles. The number of carbonyl (C=O) groups excluding carboxylic acids is 2. The number of hydrogen-bond acceptors (Lipinski definition) is 3. The predicted molar refractivity (Wildman–Crippen MR) is 24.2 cm³/mol. The Kier molecular flexibility index (Phi) is 12.3. The summed E-state index contributed by atoms with van der Waals surface area (Å²) >= 11 is 0.750. The first-order valence-corrected chi connectivity index (χ1v) is 2.88. The van der Waals surface area contributed by atoms with Crippen molar-refractivity contribution in [2.24, 2.45) is 0 Å². The average Bonchev–Trinajstić information content (AvgIpc) is 2.07. The van der Waals surface area contributed by atoms with Gasteiger partial charge < -0.3 is 9.59 Å². The number of rotatable bonds is 0. The molecule has 3 nitrogen and oxygen atoms in total. The molecular weight excluding hydrogens is 258 g/mol. The van der Waals surface area contributed by atoms with Crippen LogP contribution in [0.3, 0.4) is 0 Å². The minimum atomic E-state index is -4.76. The summed E-state index contributed by atoms with van der Waals surface area (Å²) in [5.74, 6) is 0. The van der Waals surface area contributed by atoms with Crippen molar-refractivity contribution in [2.75, 3.05) is 0 Å². The Morgan fingerprint density at radius 1 is 0.714 bits per heavy atom. The molecule has 0 unspecified atom stereocenters. The molecule has 14 heavy (non-hydrogen) atoms. The van der Waals surface area contributed by atoms with Gasteiger partial charge in [0.05, 0.1) is 0 Å². The maximum atomic E-state index is 10.4. The van der Waals surface area contributed by atoms with Crippen LogP contribution >= 0.6 is 0 Å². The van der Waals surface area contributed by atoms with E-state index in [9.17, 15) is 26.3 Å². The van der Waals surface area contributed by atoms with Gasteiger partial charge in [-0.15, -0.1) is 0 Å². The van der Waals surface area contributed by atoms with E-state index >= 15 is 0 Å². The second-order valence-electron chi connectivity index (χ2n) is 1.20. The molecule has 80 valence electrons. The molecule has 0 saturated carbocycles. The summed E-state index contributed by atoms with van der Waals surface area (Å²) in [5, 5.41) is 0. The van der Waals surface area contributed by atoms with Gasteiger partial charge in [0.1, 0.15) is 0 Å². The van der Waals surface area contributed by atoms with Crippen LogP contribution in [0.4, 0.5) is 26.3 Å². The third-order valence-corrected chi connectivity index (χ3v) is 0.231. The van der Waals surface area contributed by atoms with Gasteiger partial charge in [0.15, 0.2) is 0 Å². The van der Waals surface area contributed by atoms with Crippen molar-refractivity contribution < 1.29 is 59.7 Å². The molecule has 0 saturated heterocycles. The molecule has 0 bridgehead atoms. The zero-order chi connectivity index (χ0) is 12.4. The summed E-state index contributed by atoms with van der Waals surface area (Å²) in [6.07, 6.45) is -9.82. The van der Waals surface area contributed by atoms with Crippen LogP contribution in [0, 0.1) is 0 Å². The third-order valence-electron chi connectivity index (χ3n) is 0.231. The molecule has 0 fully saturated rings. The topological polar surface area (TPSA) is 51.2 Å². The van der Waals surface area contributed by atoms with Gasteiger partial charge in [-0.05, 0) is 0 Å². The van der Waals surface area contributed by atoms with Gasteiger partial charge in [-0.3, -0.25) is 0 Å². The molecule has 0 amide bonds. The summed E-state index contributed by atoms with van der Waals surface area (Å²) in [6.45, 7) is 0. The first-order chi connectivity index (χ1) is 6.12. The standard InChI is InChI=1S/2C2F3O.O.Ti/c2*3-2(4,5)1-6;;/q2*-1;;+2. The van der Waals surface area contributed by atoms with Crippen LogP contribution in [0.2, 0.25) is 0 Å². The van der Waals surface area contributed by atoms with Gasteiger partial charge in [0, 0.05) is 0 Å². The van der Waals surface area contributed by atoms with E-state index in [4.69, 9.17) is 12.9 Å². The molecule has 0 aliphatic carbocycles. The quantitative estimate of drug-likeness (QED) is 0.372. The molecule has 0 aliphatic rings. The number of halogens is 6. The van der Waals surface area contributed by atoms with E-state index in [2.05, 4.69) is 0 Å². The molecule has 0 atom stereocenters. The van der Waals surface area contributed by atoms with Gasteiger partial charge in [-0.1, -0.05) is 0 Å². The van der Waals surface area contributed by atoms with Gasteiger partial charge in [0.25, 0.3) is 12.4 Å². The summed E-state index contributed by atoms with van der Waals surface area (Å²) in [7, 11) is 0.